The van der Waals surface area contributed by atoms with Gasteiger partial charge in [-0.1, -0.05) is 108 Å². The molecule has 3 heteroatoms. The Balaban J connectivity index is 0.00000512. The number of phenolic OH excluding ortho intramolecular Hbond substituents is 1. The summed E-state index contributed by atoms with van der Waals surface area (Å²) in [7, 11) is 0. The maximum Gasteiger partial charge on any atom is 0.169 e. The van der Waals surface area contributed by atoms with Crippen LogP contribution in [0, 0.1) is 0 Å². The largest absolute Gasteiger partial charge is 1.00 e. The maximum absolute atomic E-state index is 9.34. The Bertz CT molecular complexity index is 709. The molecule has 2 rings (SSSR count). The Hall–Kier alpha value is -1.61. The highest BCUT2D eigenvalue weighted by molar-refractivity contribution is 5.69. The molecule has 1 heterocycles. The molecule has 0 saturated heterocycles. The first-order valence-electron chi connectivity index (χ1n) is 12.7. The fraction of sp³-hybridized carbons (Fsp3) is 0.552. The number of aryl methyl sites for hydroxylation is 1. The van der Waals surface area contributed by atoms with Crippen LogP contribution in [0.5, 0.6) is 5.75 Å². The molecule has 2 aromatic rings. The van der Waals surface area contributed by atoms with E-state index in [1.54, 1.807) is 12.1 Å². The fourth-order valence-corrected chi connectivity index (χ4v) is 4.00. The van der Waals surface area contributed by atoms with Crippen LogP contribution in [-0.2, 0) is 6.54 Å². The molecule has 0 amide bonds. The molecule has 0 unspecified atom stereocenters. The lowest BCUT2D eigenvalue weighted by molar-refractivity contribution is -0.697. The van der Waals surface area contributed by atoms with Gasteiger partial charge in [0.1, 0.15) is 12.3 Å². The standard InChI is InChI=1S/C29H43NO.BrH/c1-2-3-4-5-6-7-8-9-10-11-12-13-14-15-24-30-25-22-28(23-26-30)17-16-27-18-20-29(31)21-19-27;/h16-23,25-26H,2-15,24H2,1H3;1H. The van der Waals surface area contributed by atoms with Crippen molar-refractivity contribution < 1.29 is 26.7 Å². The predicted molar refractivity (Wildman–Crippen MR) is 134 cm³/mol. The third-order valence-corrected chi connectivity index (χ3v) is 6.05. The van der Waals surface area contributed by atoms with Crippen LogP contribution < -0.4 is 21.5 Å². The average molecular weight is 503 g/mol. The zero-order chi connectivity index (χ0) is 22.0. The number of aromatic nitrogens is 1. The van der Waals surface area contributed by atoms with Crippen molar-refractivity contribution in [3.63, 3.8) is 0 Å². The third-order valence-electron chi connectivity index (χ3n) is 6.05. The van der Waals surface area contributed by atoms with E-state index in [1.165, 1.54) is 95.5 Å². The zero-order valence-electron chi connectivity index (χ0n) is 20.2. The molecule has 0 spiro atoms. The van der Waals surface area contributed by atoms with Crippen LogP contribution in [0.25, 0.3) is 12.2 Å². The summed E-state index contributed by atoms with van der Waals surface area (Å²) < 4.78 is 2.29. The molecule has 1 N–H and O–H groups in total. The highest BCUT2D eigenvalue weighted by atomic mass is 79.9. The van der Waals surface area contributed by atoms with Crippen LogP contribution in [0.4, 0.5) is 0 Å². The van der Waals surface area contributed by atoms with Gasteiger partial charge in [-0.15, -0.1) is 0 Å². The summed E-state index contributed by atoms with van der Waals surface area (Å²) >= 11 is 0. The van der Waals surface area contributed by atoms with E-state index >= 15 is 0 Å². The topological polar surface area (TPSA) is 24.1 Å². The lowest BCUT2D eigenvalue weighted by atomic mass is 10.0. The highest BCUT2D eigenvalue weighted by Gasteiger charge is 2.00. The molecule has 0 atom stereocenters. The number of unbranched alkanes of at least 4 members (excludes halogenated alkanes) is 13. The highest BCUT2D eigenvalue weighted by Crippen LogP contribution is 2.14. The number of nitrogens with zero attached hydrogens (tertiary/aromatic N) is 1. The van der Waals surface area contributed by atoms with Gasteiger partial charge in [-0.3, -0.25) is 0 Å². The van der Waals surface area contributed by atoms with Gasteiger partial charge in [0, 0.05) is 18.6 Å². The summed E-state index contributed by atoms with van der Waals surface area (Å²) in [6, 6.07) is 11.6. The minimum atomic E-state index is 0. The summed E-state index contributed by atoms with van der Waals surface area (Å²) in [6.07, 6.45) is 28.3. The van der Waals surface area contributed by atoms with Crippen LogP contribution in [-0.4, -0.2) is 5.11 Å². The second kappa shape index (κ2) is 18.9. The zero-order valence-corrected chi connectivity index (χ0v) is 21.7. The summed E-state index contributed by atoms with van der Waals surface area (Å²) in [5, 5.41) is 9.34. The van der Waals surface area contributed by atoms with Gasteiger partial charge in [-0.05, 0) is 29.7 Å². The normalized spacial score (nSPS) is 11.0. The van der Waals surface area contributed by atoms with E-state index in [0.29, 0.717) is 5.75 Å². The number of hydrogen-bond donors (Lipinski definition) is 1. The second-order valence-corrected chi connectivity index (χ2v) is 8.89. The van der Waals surface area contributed by atoms with E-state index in [0.717, 1.165) is 12.1 Å². The van der Waals surface area contributed by atoms with Crippen LogP contribution in [0.15, 0.2) is 48.8 Å². The van der Waals surface area contributed by atoms with Gasteiger partial charge in [0.2, 0.25) is 0 Å². The Morgan fingerprint density at radius 2 is 1.00 bits per heavy atom. The van der Waals surface area contributed by atoms with E-state index < -0.39 is 0 Å². The summed E-state index contributed by atoms with van der Waals surface area (Å²) in [5.41, 5.74) is 2.29. The van der Waals surface area contributed by atoms with Crippen molar-refractivity contribution in [2.45, 2.75) is 103 Å². The molecule has 0 aliphatic carbocycles. The lowest BCUT2D eigenvalue weighted by Crippen LogP contribution is -3.00. The molecular formula is C29H44BrNO. The van der Waals surface area contributed by atoms with Crippen molar-refractivity contribution in [2.75, 3.05) is 0 Å². The average Bonchev–Trinajstić information content (AvgIpc) is 2.80. The first-order chi connectivity index (χ1) is 15.3. The van der Waals surface area contributed by atoms with Crippen molar-refractivity contribution in [3.05, 3.63) is 59.9 Å². The van der Waals surface area contributed by atoms with Crippen molar-refractivity contribution in [1.82, 2.24) is 0 Å². The van der Waals surface area contributed by atoms with E-state index in [4.69, 9.17) is 0 Å². The first-order valence-corrected chi connectivity index (χ1v) is 12.7. The summed E-state index contributed by atoms with van der Waals surface area (Å²) in [6.45, 7) is 3.40. The van der Waals surface area contributed by atoms with Crippen molar-refractivity contribution in [3.8, 4) is 5.75 Å². The number of benzene rings is 1. The van der Waals surface area contributed by atoms with Gasteiger partial charge in [0.25, 0.3) is 0 Å². The quantitative estimate of drug-likeness (QED) is 0.229. The molecule has 32 heavy (non-hydrogen) atoms. The van der Waals surface area contributed by atoms with Crippen molar-refractivity contribution in [1.29, 1.82) is 0 Å². The minimum Gasteiger partial charge on any atom is -1.00 e. The molecule has 0 fully saturated rings. The molecule has 1 aromatic heterocycles. The second-order valence-electron chi connectivity index (χ2n) is 8.89. The van der Waals surface area contributed by atoms with E-state index in [1.807, 2.05) is 12.1 Å². The van der Waals surface area contributed by atoms with E-state index in [-0.39, 0.29) is 17.0 Å². The number of aromatic hydroxyl groups is 1. The van der Waals surface area contributed by atoms with Crippen molar-refractivity contribution >= 4 is 12.2 Å². The van der Waals surface area contributed by atoms with Gasteiger partial charge in [0.15, 0.2) is 12.4 Å². The van der Waals surface area contributed by atoms with Crippen LogP contribution in [0.1, 0.15) is 108 Å². The summed E-state index contributed by atoms with van der Waals surface area (Å²) in [4.78, 5) is 0. The molecular weight excluding hydrogens is 458 g/mol. The fourth-order valence-electron chi connectivity index (χ4n) is 4.00. The molecule has 0 saturated carbocycles. The number of hydrogen-bond acceptors (Lipinski definition) is 1. The van der Waals surface area contributed by atoms with Gasteiger partial charge in [-0.25, -0.2) is 4.57 Å². The molecule has 0 radical (unpaired) electrons. The molecule has 1 aromatic carbocycles. The Morgan fingerprint density at radius 3 is 1.47 bits per heavy atom. The van der Waals surface area contributed by atoms with Crippen molar-refractivity contribution in [2.24, 2.45) is 0 Å². The number of rotatable bonds is 17. The SMILES string of the molecule is CCCCCCCCCCCCCCCC[n+]1ccc(C=Cc2ccc(O)cc2)cc1.[Br-]. The molecule has 178 valence electrons. The minimum absolute atomic E-state index is 0. The molecule has 0 bridgehead atoms. The number of pyridine rings is 1. The van der Waals surface area contributed by atoms with E-state index in [2.05, 4.69) is 48.2 Å². The van der Waals surface area contributed by atoms with Crippen LogP contribution in [0.2, 0.25) is 0 Å². The Kier molecular flexibility index (Phi) is 16.8. The Morgan fingerprint density at radius 1 is 0.594 bits per heavy atom. The number of halogens is 1. The van der Waals surface area contributed by atoms with Gasteiger partial charge < -0.3 is 22.1 Å². The monoisotopic (exact) mass is 501 g/mol. The maximum atomic E-state index is 9.34. The van der Waals surface area contributed by atoms with E-state index in [9.17, 15) is 5.11 Å². The van der Waals surface area contributed by atoms with Gasteiger partial charge >= 0.3 is 0 Å². The molecule has 2 nitrogen and oxygen atoms in total. The molecule has 0 aliphatic heterocycles. The predicted octanol–water partition coefficient (Wildman–Crippen LogP) is 5.34. The van der Waals surface area contributed by atoms with Gasteiger partial charge in [-0.2, -0.15) is 0 Å². The third kappa shape index (κ3) is 13.7. The first kappa shape index (κ1) is 28.4. The molecule has 0 aliphatic rings. The Labute approximate surface area is 207 Å². The van der Waals surface area contributed by atoms with Crippen LogP contribution in [0.3, 0.4) is 0 Å². The lowest BCUT2D eigenvalue weighted by Gasteiger charge is -2.03. The van der Waals surface area contributed by atoms with Gasteiger partial charge in [0.05, 0.1) is 0 Å². The summed E-state index contributed by atoms with van der Waals surface area (Å²) in [5.74, 6) is 0.307. The van der Waals surface area contributed by atoms with Crippen LogP contribution >= 0.6 is 0 Å². The smallest absolute Gasteiger partial charge is 0.169 e. The number of phenols is 1.